The summed E-state index contributed by atoms with van der Waals surface area (Å²) in [6.07, 6.45) is -0.184. The minimum atomic E-state index is -0.184. The van der Waals surface area contributed by atoms with E-state index in [2.05, 4.69) is 0 Å². The lowest BCUT2D eigenvalue weighted by Crippen LogP contribution is -2.06. The summed E-state index contributed by atoms with van der Waals surface area (Å²) in [5, 5.41) is 9.69. The number of benzene rings is 1. The van der Waals surface area contributed by atoms with Gasteiger partial charge in [0.05, 0.1) is 6.61 Å². The van der Waals surface area contributed by atoms with E-state index in [1.54, 1.807) is 6.07 Å². The Balaban J connectivity index is 2.07. The molecule has 0 saturated carbocycles. The Morgan fingerprint density at radius 2 is 1.93 bits per heavy atom. The Kier molecular flexibility index (Phi) is 1.79. The van der Waals surface area contributed by atoms with Gasteiger partial charge in [0.2, 0.25) is 0 Å². The second-order valence-electron chi connectivity index (χ2n) is 3.63. The van der Waals surface area contributed by atoms with Gasteiger partial charge in [-0.15, -0.1) is 0 Å². The number of rotatable bonds is 1. The third-order valence-electron chi connectivity index (χ3n) is 2.69. The van der Waals surface area contributed by atoms with Crippen molar-refractivity contribution in [1.82, 2.24) is 4.57 Å². The zero-order valence-corrected chi connectivity index (χ0v) is 8.13. The molecule has 0 fully saturated rings. The van der Waals surface area contributed by atoms with Crippen molar-refractivity contribution in [2.45, 2.75) is 12.8 Å². The van der Waals surface area contributed by atoms with Crippen molar-refractivity contribution in [3.8, 4) is 5.88 Å². The van der Waals surface area contributed by atoms with Crippen LogP contribution in [0.25, 0.3) is 0 Å². The van der Waals surface area contributed by atoms with Crippen LogP contribution in [0.15, 0.2) is 42.5 Å². The molecule has 1 unspecified atom stereocenters. The third kappa shape index (κ3) is 1.24. The summed E-state index contributed by atoms with van der Waals surface area (Å²) >= 11 is 0. The smallest absolute Gasteiger partial charge is 0.193 e. The van der Waals surface area contributed by atoms with Gasteiger partial charge in [0.15, 0.2) is 12.1 Å². The van der Waals surface area contributed by atoms with E-state index in [1.165, 1.54) is 0 Å². The third-order valence-corrected chi connectivity index (χ3v) is 2.69. The minimum Gasteiger partial charge on any atom is -0.494 e. The fourth-order valence-corrected chi connectivity index (χ4v) is 1.97. The highest BCUT2D eigenvalue weighted by atomic mass is 16.5. The standard InChI is InChI=1S/C12H11NO2/c14-11-7-6-10-8-15-12(13(10)11)9-4-2-1-3-5-9/h1-7,12,14H,8H2. The van der Waals surface area contributed by atoms with Gasteiger partial charge >= 0.3 is 0 Å². The summed E-state index contributed by atoms with van der Waals surface area (Å²) in [5.74, 6) is 0.261. The molecule has 3 rings (SSSR count). The molecule has 2 heterocycles. The number of hydrogen-bond acceptors (Lipinski definition) is 2. The van der Waals surface area contributed by atoms with Crippen molar-refractivity contribution in [1.29, 1.82) is 0 Å². The van der Waals surface area contributed by atoms with Crippen molar-refractivity contribution >= 4 is 0 Å². The van der Waals surface area contributed by atoms with Crippen LogP contribution in [0.5, 0.6) is 5.88 Å². The lowest BCUT2D eigenvalue weighted by molar-refractivity contribution is 0.0591. The second-order valence-corrected chi connectivity index (χ2v) is 3.63. The minimum absolute atomic E-state index is 0.184. The van der Waals surface area contributed by atoms with Gasteiger partial charge in [0.25, 0.3) is 0 Å². The van der Waals surface area contributed by atoms with Gasteiger partial charge in [-0.05, 0) is 6.07 Å². The first kappa shape index (κ1) is 8.56. The van der Waals surface area contributed by atoms with E-state index in [4.69, 9.17) is 4.74 Å². The van der Waals surface area contributed by atoms with Gasteiger partial charge in [0, 0.05) is 17.3 Å². The Morgan fingerprint density at radius 1 is 1.13 bits per heavy atom. The van der Waals surface area contributed by atoms with E-state index in [0.717, 1.165) is 11.3 Å². The highest BCUT2D eigenvalue weighted by Crippen LogP contribution is 2.34. The molecular weight excluding hydrogens is 190 g/mol. The molecule has 0 saturated heterocycles. The van der Waals surface area contributed by atoms with Gasteiger partial charge in [0.1, 0.15) is 0 Å². The van der Waals surface area contributed by atoms with Crippen LogP contribution < -0.4 is 0 Å². The average molecular weight is 201 g/mol. The molecule has 1 aliphatic rings. The van der Waals surface area contributed by atoms with E-state index < -0.39 is 0 Å². The van der Waals surface area contributed by atoms with E-state index in [9.17, 15) is 5.11 Å². The fourth-order valence-electron chi connectivity index (χ4n) is 1.97. The first-order valence-corrected chi connectivity index (χ1v) is 4.92. The Hall–Kier alpha value is -1.74. The van der Waals surface area contributed by atoms with E-state index in [-0.39, 0.29) is 12.1 Å². The summed E-state index contributed by atoms with van der Waals surface area (Å²) < 4.78 is 7.45. The largest absolute Gasteiger partial charge is 0.494 e. The average Bonchev–Trinajstić information content (AvgIpc) is 2.84. The molecule has 0 bridgehead atoms. The molecule has 3 nitrogen and oxygen atoms in total. The molecule has 1 aromatic carbocycles. The summed E-state index contributed by atoms with van der Waals surface area (Å²) in [4.78, 5) is 0. The van der Waals surface area contributed by atoms with E-state index in [1.807, 2.05) is 41.0 Å². The molecule has 15 heavy (non-hydrogen) atoms. The quantitative estimate of drug-likeness (QED) is 0.768. The van der Waals surface area contributed by atoms with Crippen LogP contribution in [-0.4, -0.2) is 9.67 Å². The van der Waals surface area contributed by atoms with Crippen LogP contribution in [0, 0.1) is 0 Å². The van der Waals surface area contributed by atoms with Crippen LogP contribution >= 0.6 is 0 Å². The maximum Gasteiger partial charge on any atom is 0.193 e. The van der Waals surface area contributed by atoms with Gasteiger partial charge in [-0.25, -0.2) is 0 Å². The monoisotopic (exact) mass is 201 g/mol. The number of hydrogen-bond donors (Lipinski definition) is 1. The second kappa shape index (κ2) is 3.14. The van der Waals surface area contributed by atoms with Crippen molar-refractivity contribution < 1.29 is 9.84 Å². The summed E-state index contributed by atoms with van der Waals surface area (Å²) in [6, 6.07) is 13.5. The van der Waals surface area contributed by atoms with E-state index in [0.29, 0.717) is 6.61 Å². The number of aromatic hydroxyl groups is 1. The summed E-state index contributed by atoms with van der Waals surface area (Å²) in [6.45, 7) is 0.556. The molecule has 2 aromatic rings. The van der Waals surface area contributed by atoms with Crippen molar-refractivity contribution in [3.63, 3.8) is 0 Å². The van der Waals surface area contributed by atoms with Crippen molar-refractivity contribution in [2.24, 2.45) is 0 Å². The molecule has 1 aromatic heterocycles. The van der Waals surface area contributed by atoms with Gasteiger partial charge in [-0.2, -0.15) is 0 Å². The molecule has 1 N–H and O–H groups in total. The number of aromatic nitrogens is 1. The topological polar surface area (TPSA) is 34.4 Å². The summed E-state index contributed by atoms with van der Waals surface area (Å²) in [5.41, 5.74) is 2.07. The fraction of sp³-hybridized carbons (Fsp3) is 0.167. The molecule has 1 atom stereocenters. The van der Waals surface area contributed by atoms with Crippen LogP contribution in [0.3, 0.4) is 0 Å². The highest BCUT2D eigenvalue weighted by Gasteiger charge is 2.25. The van der Waals surface area contributed by atoms with Crippen LogP contribution in [0.2, 0.25) is 0 Å². The van der Waals surface area contributed by atoms with E-state index >= 15 is 0 Å². The number of nitrogens with zero attached hydrogens (tertiary/aromatic N) is 1. The molecule has 76 valence electrons. The Morgan fingerprint density at radius 3 is 2.73 bits per heavy atom. The molecular formula is C12H11NO2. The number of ether oxygens (including phenoxy) is 1. The predicted octanol–water partition coefficient (Wildman–Crippen LogP) is 2.27. The molecule has 0 amide bonds. The van der Waals surface area contributed by atoms with Gasteiger partial charge < -0.3 is 9.84 Å². The van der Waals surface area contributed by atoms with Gasteiger partial charge in [-0.1, -0.05) is 30.3 Å². The Bertz CT molecular complexity index is 476. The zero-order chi connectivity index (χ0) is 10.3. The van der Waals surface area contributed by atoms with Gasteiger partial charge in [-0.3, -0.25) is 4.57 Å². The lowest BCUT2D eigenvalue weighted by Gasteiger charge is -2.13. The maximum absolute atomic E-state index is 9.69. The summed E-state index contributed by atoms with van der Waals surface area (Å²) in [7, 11) is 0. The van der Waals surface area contributed by atoms with Crippen molar-refractivity contribution in [3.05, 3.63) is 53.7 Å². The molecule has 0 radical (unpaired) electrons. The Labute approximate surface area is 87.5 Å². The van der Waals surface area contributed by atoms with Crippen LogP contribution in [-0.2, 0) is 11.3 Å². The first-order valence-electron chi connectivity index (χ1n) is 4.92. The SMILES string of the molecule is Oc1ccc2n1C(c1ccccc1)OC2. The maximum atomic E-state index is 9.69. The highest BCUT2D eigenvalue weighted by molar-refractivity contribution is 5.28. The van der Waals surface area contributed by atoms with Crippen LogP contribution in [0.4, 0.5) is 0 Å². The van der Waals surface area contributed by atoms with Crippen molar-refractivity contribution in [2.75, 3.05) is 0 Å². The number of fused-ring (bicyclic) bond motifs is 1. The normalized spacial score (nSPS) is 19.1. The first-order chi connectivity index (χ1) is 7.36. The predicted molar refractivity (Wildman–Crippen MR) is 55.5 cm³/mol. The van der Waals surface area contributed by atoms with Crippen LogP contribution in [0.1, 0.15) is 17.5 Å². The molecule has 1 aliphatic heterocycles. The lowest BCUT2D eigenvalue weighted by atomic mass is 10.2. The molecule has 3 heteroatoms. The molecule has 0 aliphatic carbocycles. The zero-order valence-electron chi connectivity index (χ0n) is 8.13. The molecule has 0 spiro atoms.